The first kappa shape index (κ1) is 27.6. The molecule has 0 aliphatic rings. The van der Waals surface area contributed by atoms with Gasteiger partial charge in [-0.2, -0.15) is 0 Å². The molecule has 0 spiro atoms. The summed E-state index contributed by atoms with van der Waals surface area (Å²) in [5.74, 6) is 0. The molecule has 0 atom stereocenters. The van der Waals surface area contributed by atoms with E-state index >= 15 is 0 Å². The molecular weight excluding hydrogens is 455 g/mol. The summed E-state index contributed by atoms with van der Waals surface area (Å²) in [7, 11) is 2.20. The Balaban J connectivity index is 1.78. The summed E-state index contributed by atoms with van der Waals surface area (Å²) < 4.78 is 0. The van der Waals surface area contributed by atoms with E-state index in [-0.39, 0.29) is 0 Å². The SMILES string of the molecule is C=C/C=C(\C=C(/C)Cc1cc(C)c2ccc(C)cc2c1)C(=C)[B]Cc1cc(/C(Cl)=C\C)c(C)cc1C. The lowest BCUT2D eigenvalue weighted by Gasteiger charge is -2.13. The Kier molecular flexibility index (Phi) is 9.40. The second-order valence-corrected chi connectivity index (χ2v) is 10.2. The minimum Gasteiger partial charge on any atom is -0.105 e. The molecule has 0 bridgehead atoms. The molecular formula is C34H37BCl. The molecule has 3 rings (SSSR count). The van der Waals surface area contributed by atoms with Crippen molar-refractivity contribution in [2.24, 2.45) is 0 Å². The van der Waals surface area contributed by atoms with Crippen molar-refractivity contribution in [3.8, 4) is 0 Å². The minimum atomic E-state index is 0.789. The molecule has 0 heterocycles. The van der Waals surface area contributed by atoms with Gasteiger partial charge in [-0.25, -0.2) is 0 Å². The smallest absolute Gasteiger partial charge is 0.105 e. The summed E-state index contributed by atoms with van der Waals surface area (Å²) in [6.07, 6.45) is 9.76. The highest BCUT2D eigenvalue weighted by molar-refractivity contribution is 6.49. The Hall–Kier alpha value is -3.03. The molecule has 0 nitrogen and oxygen atoms in total. The van der Waals surface area contributed by atoms with Crippen LogP contribution in [0.25, 0.3) is 15.8 Å². The topological polar surface area (TPSA) is 0 Å². The van der Waals surface area contributed by atoms with Gasteiger partial charge in [-0.3, -0.25) is 0 Å². The number of aryl methyl sites for hydroxylation is 4. The fourth-order valence-corrected chi connectivity index (χ4v) is 4.96. The molecule has 183 valence electrons. The van der Waals surface area contributed by atoms with Gasteiger partial charge in [0.15, 0.2) is 7.28 Å². The summed E-state index contributed by atoms with van der Waals surface area (Å²) in [5.41, 5.74) is 12.1. The predicted octanol–water partition coefficient (Wildman–Crippen LogP) is 9.69. The van der Waals surface area contributed by atoms with Gasteiger partial charge in [-0.1, -0.05) is 107 Å². The van der Waals surface area contributed by atoms with E-state index in [1.807, 2.05) is 25.2 Å². The van der Waals surface area contributed by atoms with Crippen LogP contribution in [0.3, 0.4) is 0 Å². The summed E-state index contributed by atoms with van der Waals surface area (Å²) in [6, 6.07) is 15.7. The Bertz CT molecular complexity index is 1400. The van der Waals surface area contributed by atoms with Gasteiger partial charge < -0.3 is 0 Å². The normalized spacial score (nSPS) is 12.7. The van der Waals surface area contributed by atoms with Gasteiger partial charge in [-0.05, 0) is 98.4 Å². The van der Waals surface area contributed by atoms with Crippen LogP contribution in [0.2, 0.25) is 0 Å². The van der Waals surface area contributed by atoms with Crippen molar-refractivity contribution >= 4 is 34.7 Å². The van der Waals surface area contributed by atoms with E-state index in [1.165, 1.54) is 49.7 Å². The lowest BCUT2D eigenvalue weighted by atomic mass is 9.62. The van der Waals surface area contributed by atoms with Crippen LogP contribution in [0.4, 0.5) is 0 Å². The first-order valence-electron chi connectivity index (χ1n) is 12.6. The van der Waals surface area contributed by atoms with Crippen molar-refractivity contribution in [3.63, 3.8) is 0 Å². The van der Waals surface area contributed by atoms with Crippen LogP contribution in [-0.2, 0) is 12.7 Å². The van der Waals surface area contributed by atoms with E-state index in [4.69, 9.17) is 11.6 Å². The van der Waals surface area contributed by atoms with Gasteiger partial charge in [0.2, 0.25) is 0 Å². The zero-order valence-corrected chi connectivity index (χ0v) is 23.4. The largest absolute Gasteiger partial charge is 0.156 e. The summed E-state index contributed by atoms with van der Waals surface area (Å²) in [5, 5.41) is 3.42. The monoisotopic (exact) mass is 491 g/mol. The Morgan fingerprint density at radius 2 is 1.72 bits per heavy atom. The molecule has 0 fully saturated rings. The zero-order chi connectivity index (χ0) is 26.4. The molecule has 3 aromatic carbocycles. The predicted molar refractivity (Wildman–Crippen MR) is 163 cm³/mol. The Morgan fingerprint density at radius 1 is 0.972 bits per heavy atom. The van der Waals surface area contributed by atoms with Crippen LogP contribution < -0.4 is 0 Å². The second kappa shape index (κ2) is 12.3. The molecule has 0 unspecified atom stereocenters. The third-order valence-corrected chi connectivity index (χ3v) is 7.11. The summed E-state index contributed by atoms with van der Waals surface area (Å²) in [4.78, 5) is 0. The number of rotatable bonds is 9. The van der Waals surface area contributed by atoms with E-state index < -0.39 is 0 Å². The standard InChI is InChI=1S/C34H37BCl/c1-9-11-29(27(8)35-21-31-20-33(34(36)10-2)25(6)17-24(31)5)16-23(4)14-28-18-26(7)32-13-12-22(3)15-30(32)19-28/h9-13,15-20H,1,8,14,21H2,2-7H3/b23-16+,29-11+,34-10+. The molecule has 1 radical (unpaired) electrons. The first-order chi connectivity index (χ1) is 17.1. The Morgan fingerprint density at radius 3 is 2.42 bits per heavy atom. The third kappa shape index (κ3) is 6.80. The van der Waals surface area contributed by atoms with E-state index in [0.717, 1.165) is 34.4 Å². The number of allylic oxidation sites excluding steroid dienone is 7. The lowest BCUT2D eigenvalue weighted by molar-refractivity contribution is 1.14. The Labute approximate surface area is 224 Å². The highest BCUT2D eigenvalue weighted by atomic mass is 35.5. The fourth-order valence-electron chi connectivity index (χ4n) is 4.75. The number of benzene rings is 3. The molecule has 0 aliphatic carbocycles. The lowest BCUT2D eigenvalue weighted by Crippen LogP contribution is -2.05. The molecule has 0 N–H and O–H groups in total. The van der Waals surface area contributed by atoms with Crippen molar-refractivity contribution in [2.75, 3.05) is 0 Å². The van der Waals surface area contributed by atoms with Crippen molar-refractivity contribution in [3.05, 3.63) is 135 Å². The minimum absolute atomic E-state index is 0.789. The zero-order valence-electron chi connectivity index (χ0n) is 22.6. The van der Waals surface area contributed by atoms with Crippen LogP contribution in [0.15, 0.2) is 96.5 Å². The van der Waals surface area contributed by atoms with Crippen molar-refractivity contribution in [1.82, 2.24) is 0 Å². The van der Waals surface area contributed by atoms with Gasteiger partial charge in [0, 0.05) is 5.03 Å². The molecule has 0 aliphatic heterocycles. The van der Waals surface area contributed by atoms with Gasteiger partial charge in [-0.15, -0.1) is 6.58 Å². The van der Waals surface area contributed by atoms with Crippen molar-refractivity contribution < 1.29 is 0 Å². The van der Waals surface area contributed by atoms with Crippen LogP contribution >= 0.6 is 11.6 Å². The summed E-state index contributed by atoms with van der Waals surface area (Å²) in [6.45, 7) is 21.1. The number of hydrogen-bond donors (Lipinski definition) is 0. The molecule has 3 aromatic rings. The quantitative estimate of drug-likeness (QED) is 0.206. The van der Waals surface area contributed by atoms with E-state index in [9.17, 15) is 0 Å². The maximum absolute atomic E-state index is 6.45. The van der Waals surface area contributed by atoms with Gasteiger partial charge in [0.1, 0.15) is 0 Å². The number of hydrogen-bond acceptors (Lipinski definition) is 0. The maximum atomic E-state index is 6.45. The average Bonchev–Trinajstić information content (AvgIpc) is 2.82. The van der Waals surface area contributed by atoms with Crippen LogP contribution in [0.5, 0.6) is 0 Å². The van der Waals surface area contributed by atoms with Gasteiger partial charge in [0.05, 0.1) is 0 Å². The molecule has 2 heteroatoms. The molecule has 0 aromatic heterocycles. The van der Waals surface area contributed by atoms with Crippen LogP contribution in [0.1, 0.15) is 52.8 Å². The fraction of sp³-hybridized carbons (Fsp3) is 0.235. The second-order valence-electron chi connectivity index (χ2n) is 9.83. The van der Waals surface area contributed by atoms with Crippen molar-refractivity contribution in [1.29, 1.82) is 0 Å². The van der Waals surface area contributed by atoms with E-state index in [2.05, 4.69) is 104 Å². The molecule has 0 saturated heterocycles. The van der Waals surface area contributed by atoms with Gasteiger partial charge >= 0.3 is 0 Å². The van der Waals surface area contributed by atoms with Crippen molar-refractivity contribution in [2.45, 2.75) is 54.3 Å². The van der Waals surface area contributed by atoms with Crippen LogP contribution in [-0.4, -0.2) is 7.28 Å². The third-order valence-electron chi connectivity index (χ3n) is 6.69. The molecule has 36 heavy (non-hydrogen) atoms. The van der Waals surface area contributed by atoms with E-state index in [0.29, 0.717) is 0 Å². The maximum Gasteiger partial charge on any atom is 0.156 e. The van der Waals surface area contributed by atoms with E-state index in [1.54, 1.807) is 0 Å². The average molecular weight is 492 g/mol. The number of fused-ring (bicyclic) bond motifs is 1. The molecule has 0 saturated carbocycles. The first-order valence-corrected chi connectivity index (χ1v) is 12.9. The highest BCUT2D eigenvalue weighted by Crippen LogP contribution is 2.27. The van der Waals surface area contributed by atoms with Gasteiger partial charge in [0.25, 0.3) is 0 Å². The number of halogens is 1. The van der Waals surface area contributed by atoms with Crippen LogP contribution in [0, 0.1) is 27.7 Å². The highest BCUT2D eigenvalue weighted by Gasteiger charge is 2.10. The molecule has 0 amide bonds. The summed E-state index contributed by atoms with van der Waals surface area (Å²) >= 11 is 6.45.